The highest BCUT2D eigenvalue weighted by atomic mass is 32.1. The van der Waals surface area contributed by atoms with Crippen LogP contribution in [0.4, 0.5) is 11.4 Å². The average molecular weight is 540 g/mol. The Morgan fingerprint density at radius 3 is 2.41 bits per heavy atom. The minimum absolute atomic E-state index is 0.135. The SMILES string of the molecule is CC(=O)Nc1ccc(N2C(=S)N[C@H](c3ccccn3)[C@H]2c2cc(C)n(-c3cc(C(=O)O)ccc3C)c2C)cc1. The van der Waals surface area contributed by atoms with Gasteiger partial charge in [0.2, 0.25) is 5.91 Å². The Bertz CT molecular complexity index is 1580. The van der Waals surface area contributed by atoms with Crippen molar-refractivity contribution in [2.75, 3.05) is 10.2 Å². The van der Waals surface area contributed by atoms with Crippen molar-refractivity contribution in [3.63, 3.8) is 0 Å². The molecule has 198 valence electrons. The Kier molecular flexibility index (Phi) is 6.93. The van der Waals surface area contributed by atoms with Gasteiger partial charge in [0, 0.05) is 41.6 Å². The summed E-state index contributed by atoms with van der Waals surface area (Å²) in [5.74, 6) is -1.10. The molecule has 0 saturated carbocycles. The number of rotatable bonds is 6. The first kappa shape index (κ1) is 26.1. The van der Waals surface area contributed by atoms with Gasteiger partial charge in [-0.05, 0) is 98.7 Å². The van der Waals surface area contributed by atoms with E-state index in [0.717, 1.165) is 39.6 Å². The predicted octanol–water partition coefficient (Wildman–Crippen LogP) is 5.63. The van der Waals surface area contributed by atoms with Gasteiger partial charge < -0.3 is 25.2 Å². The van der Waals surface area contributed by atoms with Gasteiger partial charge in [0.05, 0.1) is 23.3 Å². The molecule has 3 heterocycles. The third kappa shape index (κ3) is 4.88. The summed E-state index contributed by atoms with van der Waals surface area (Å²) in [5.41, 5.74) is 7.47. The number of pyridine rings is 1. The topological polar surface area (TPSA) is 99.5 Å². The van der Waals surface area contributed by atoms with Crippen molar-refractivity contribution in [1.29, 1.82) is 0 Å². The van der Waals surface area contributed by atoms with Gasteiger partial charge in [-0.15, -0.1) is 0 Å². The number of aromatic nitrogens is 2. The van der Waals surface area contributed by atoms with E-state index in [2.05, 4.69) is 31.2 Å². The van der Waals surface area contributed by atoms with E-state index in [-0.39, 0.29) is 23.6 Å². The first-order chi connectivity index (χ1) is 18.7. The molecule has 2 aromatic heterocycles. The van der Waals surface area contributed by atoms with Crippen LogP contribution in [-0.4, -0.2) is 31.6 Å². The fraction of sp³-hybridized carbons (Fsp3) is 0.200. The van der Waals surface area contributed by atoms with Crippen molar-refractivity contribution in [2.45, 2.75) is 39.8 Å². The highest BCUT2D eigenvalue weighted by molar-refractivity contribution is 7.80. The summed E-state index contributed by atoms with van der Waals surface area (Å²) in [6, 6.07) is 20.3. The molecule has 3 N–H and O–H groups in total. The van der Waals surface area contributed by atoms with E-state index >= 15 is 0 Å². The number of nitrogens with one attached hydrogen (secondary N) is 2. The number of aryl methyl sites for hydroxylation is 2. The van der Waals surface area contributed by atoms with E-state index in [1.807, 2.05) is 69.3 Å². The summed E-state index contributed by atoms with van der Waals surface area (Å²) < 4.78 is 2.10. The molecular formula is C30H29N5O3S. The second kappa shape index (κ2) is 10.3. The number of carboxylic acids is 1. The molecule has 0 radical (unpaired) electrons. The van der Waals surface area contributed by atoms with Gasteiger partial charge in [0.25, 0.3) is 0 Å². The molecule has 1 amide bonds. The standard InChI is InChI=1S/C30H29N5O3S/c1-17-8-9-21(29(37)38)16-26(17)34-18(2)15-24(19(34)3)28-27(25-7-5-6-14-31-25)33-30(39)35(28)23-12-10-22(11-13-23)32-20(4)36/h5-16,27-28H,1-4H3,(H,32,36)(H,33,39)(H,37,38)/t27-,28-/m1/s1. The van der Waals surface area contributed by atoms with Crippen molar-refractivity contribution in [1.82, 2.24) is 14.9 Å². The summed E-state index contributed by atoms with van der Waals surface area (Å²) in [7, 11) is 0. The van der Waals surface area contributed by atoms with E-state index < -0.39 is 5.97 Å². The third-order valence-electron chi connectivity index (χ3n) is 7.05. The van der Waals surface area contributed by atoms with Crippen LogP contribution in [0, 0.1) is 20.8 Å². The molecule has 0 aliphatic carbocycles. The van der Waals surface area contributed by atoms with Gasteiger partial charge in [0.1, 0.15) is 0 Å². The van der Waals surface area contributed by atoms with Gasteiger partial charge in [-0.2, -0.15) is 0 Å². The molecule has 9 heteroatoms. The maximum Gasteiger partial charge on any atom is 0.335 e. The van der Waals surface area contributed by atoms with E-state index in [1.54, 1.807) is 18.3 Å². The first-order valence-corrected chi connectivity index (χ1v) is 13.0. The van der Waals surface area contributed by atoms with Crippen molar-refractivity contribution >= 4 is 40.6 Å². The molecular weight excluding hydrogens is 510 g/mol. The lowest BCUT2D eigenvalue weighted by molar-refractivity contribution is -0.114. The van der Waals surface area contributed by atoms with Crippen LogP contribution >= 0.6 is 12.2 Å². The minimum atomic E-state index is -0.964. The molecule has 1 aliphatic heterocycles. The lowest BCUT2D eigenvalue weighted by Crippen LogP contribution is -2.29. The summed E-state index contributed by atoms with van der Waals surface area (Å²) >= 11 is 5.87. The zero-order valence-corrected chi connectivity index (χ0v) is 22.9. The molecule has 2 atom stereocenters. The van der Waals surface area contributed by atoms with Gasteiger partial charge >= 0.3 is 5.97 Å². The Morgan fingerprint density at radius 1 is 1.03 bits per heavy atom. The molecule has 0 spiro atoms. The first-order valence-electron chi connectivity index (χ1n) is 12.6. The summed E-state index contributed by atoms with van der Waals surface area (Å²) in [6.45, 7) is 7.52. The van der Waals surface area contributed by atoms with Crippen LogP contribution in [0.25, 0.3) is 5.69 Å². The number of anilines is 2. The van der Waals surface area contributed by atoms with Gasteiger partial charge in [0.15, 0.2) is 5.11 Å². The number of benzene rings is 2. The minimum Gasteiger partial charge on any atom is -0.478 e. The molecule has 0 unspecified atom stereocenters. The number of carbonyl (C=O) groups excluding carboxylic acids is 1. The van der Waals surface area contributed by atoms with E-state index in [0.29, 0.717) is 10.8 Å². The van der Waals surface area contributed by atoms with E-state index in [4.69, 9.17) is 12.2 Å². The monoisotopic (exact) mass is 539 g/mol. The molecule has 2 aromatic carbocycles. The number of amides is 1. The maximum atomic E-state index is 11.7. The summed E-state index contributed by atoms with van der Waals surface area (Å²) in [6.07, 6.45) is 1.77. The number of thiocarbonyl (C=S) groups is 1. The number of carbonyl (C=O) groups is 2. The fourth-order valence-corrected chi connectivity index (χ4v) is 5.64. The molecule has 39 heavy (non-hydrogen) atoms. The molecule has 5 rings (SSSR count). The number of hydrogen-bond donors (Lipinski definition) is 3. The van der Waals surface area contributed by atoms with Crippen LogP contribution < -0.4 is 15.5 Å². The smallest absolute Gasteiger partial charge is 0.335 e. The normalized spacial score (nSPS) is 16.7. The van der Waals surface area contributed by atoms with Crippen molar-refractivity contribution < 1.29 is 14.7 Å². The van der Waals surface area contributed by atoms with Crippen LogP contribution in [-0.2, 0) is 4.79 Å². The molecule has 1 fully saturated rings. The van der Waals surface area contributed by atoms with Crippen LogP contribution in [0.2, 0.25) is 0 Å². The van der Waals surface area contributed by atoms with Crippen LogP contribution in [0.3, 0.4) is 0 Å². The van der Waals surface area contributed by atoms with Crippen LogP contribution in [0.1, 0.15) is 57.6 Å². The number of carboxylic acid groups (broad SMARTS) is 1. The van der Waals surface area contributed by atoms with Crippen LogP contribution in [0.5, 0.6) is 0 Å². The fourth-order valence-electron chi connectivity index (χ4n) is 5.30. The van der Waals surface area contributed by atoms with Gasteiger partial charge in [-0.3, -0.25) is 9.78 Å². The Labute approximate surface area is 232 Å². The Morgan fingerprint density at radius 2 is 1.77 bits per heavy atom. The zero-order valence-electron chi connectivity index (χ0n) is 22.1. The molecule has 1 aliphatic rings. The Hall–Kier alpha value is -4.50. The lowest BCUT2D eigenvalue weighted by atomic mass is 9.96. The predicted molar refractivity (Wildman–Crippen MR) is 156 cm³/mol. The van der Waals surface area contributed by atoms with Gasteiger partial charge in [-0.25, -0.2) is 4.79 Å². The van der Waals surface area contributed by atoms with Crippen molar-refractivity contribution in [3.8, 4) is 5.69 Å². The van der Waals surface area contributed by atoms with E-state index in [1.165, 1.54) is 6.92 Å². The highest BCUT2D eigenvalue weighted by Crippen LogP contribution is 2.44. The van der Waals surface area contributed by atoms with Crippen molar-refractivity contribution in [2.24, 2.45) is 0 Å². The number of nitrogens with zero attached hydrogens (tertiary/aromatic N) is 3. The average Bonchev–Trinajstić information content (AvgIpc) is 3.40. The zero-order chi connectivity index (χ0) is 27.8. The number of hydrogen-bond acceptors (Lipinski definition) is 4. The third-order valence-corrected chi connectivity index (χ3v) is 7.36. The molecule has 1 saturated heterocycles. The molecule has 4 aromatic rings. The summed E-state index contributed by atoms with van der Waals surface area (Å²) in [5, 5.41) is 16.5. The maximum absolute atomic E-state index is 11.7. The molecule has 8 nitrogen and oxygen atoms in total. The Balaban J connectivity index is 1.66. The lowest BCUT2D eigenvalue weighted by Gasteiger charge is -2.28. The highest BCUT2D eigenvalue weighted by Gasteiger charge is 2.42. The largest absolute Gasteiger partial charge is 0.478 e. The second-order valence-corrected chi connectivity index (χ2v) is 10.1. The van der Waals surface area contributed by atoms with Crippen molar-refractivity contribution in [3.05, 3.63) is 107 Å². The summed E-state index contributed by atoms with van der Waals surface area (Å²) in [4.78, 5) is 30.0. The quantitative estimate of drug-likeness (QED) is 0.273. The van der Waals surface area contributed by atoms with E-state index in [9.17, 15) is 14.7 Å². The van der Waals surface area contributed by atoms with Gasteiger partial charge in [-0.1, -0.05) is 12.1 Å². The number of aromatic carboxylic acids is 1. The molecule has 0 bridgehead atoms. The second-order valence-electron chi connectivity index (χ2n) is 9.69. The van der Waals surface area contributed by atoms with Crippen LogP contribution in [0.15, 0.2) is 72.9 Å².